The van der Waals surface area contributed by atoms with Gasteiger partial charge in [0.25, 0.3) is 5.91 Å². The number of carbonyl (C=O) groups is 1. The van der Waals surface area contributed by atoms with Crippen LogP contribution in [0.15, 0.2) is 22.7 Å². The zero-order valence-corrected chi connectivity index (χ0v) is 13.3. The standard InChI is InChI=1S/C15H20BrN3O/c1-11-8-12(2-3-14(11)16)15(20)19-6-4-18(5-7-19)13-9-17-10-13/h2-3,8,13,17H,4-7,9-10H2,1H3. The van der Waals surface area contributed by atoms with E-state index in [-0.39, 0.29) is 5.91 Å². The third-order valence-electron chi connectivity index (χ3n) is 4.28. The first-order chi connectivity index (χ1) is 9.65. The largest absolute Gasteiger partial charge is 0.336 e. The Kier molecular flexibility index (Phi) is 4.10. The molecule has 2 heterocycles. The molecular formula is C15H20BrN3O. The lowest BCUT2D eigenvalue weighted by molar-refractivity contribution is 0.0502. The Morgan fingerprint density at radius 2 is 1.95 bits per heavy atom. The Balaban J connectivity index is 1.62. The van der Waals surface area contributed by atoms with Gasteiger partial charge in [-0.2, -0.15) is 0 Å². The first-order valence-corrected chi connectivity index (χ1v) is 7.94. The van der Waals surface area contributed by atoms with Gasteiger partial charge in [0.2, 0.25) is 0 Å². The second-order valence-corrected chi connectivity index (χ2v) is 6.46. The summed E-state index contributed by atoms with van der Waals surface area (Å²) in [5.41, 5.74) is 1.90. The molecule has 2 fully saturated rings. The van der Waals surface area contributed by atoms with Gasteiger partial charge < -0.3 is 10.2 Å². The molecule has 4 nitrogen and oxygen atoms in total. The van der Waals surface area contributed by atoms with Crippen LogP contribution in [0.1, 0.15) is 15.9 Å². The van der Waals surface area contributed by atoms with E-state index >= 15 is 0 Å². The molecule has 1 aromatic rings. The van der Waals surface area contributed by atoms with E-state index in [4.69, 9.17) is 0 Å². The van der Waals surface area contributed by atoms with Crippen molar-refractivity contribution >= 4 is 21.8 Å². The van der Waals surface area contributed by atoms with Crippen LogP contribution in [0, 0.1) is 6.92 Å². The van der Waals surface area contributed by atoms with Gasteiger partial charge in [0, 0.05) is 55.3 Å². The number of amides is 1. The molecule has 2 saturated heterocycles. The minimum Gasteiger partial charge on any atom is -0.336 e. The highest BCUT2D eigenvalue weighted by molar-refractivity contribution is 9.10. The summed E-state index contributed by atoms with van der Waals surface area (Å²) in [5.74, 6) is 0.159. The van der Waals surface area contributed by atoms with Gasteiger partial charge in [-0.05, 0) is 30.7 Å². The van der Waals surface area contributed by atoms with Gasteiger partial charge in [-0.1, -0.05) is 15.9 Å². The van der Waals surface area contributed by atoms with E-state index in [1.165, 1.54) is 0 Å². The fourth-order valence-electron chi connectivity index (χ4n) is 2.78. The number of hydrogen-bond donors (Lipinski definition) is 1. The van der Waals surface area contributed by atoms with Crippen molar-refractivity contribution in [2.75, 3.05) is 39.3 Å². The first-order valence-electron chi connectivity index (χ1n) is 7.15. The van der Waals surface area contributed by atoms with Crippen LogP contribution >= 0.6 is 15.9 Å². The van der Waals surface area contributed by atoms with Crippen LogP contribution in [-0.2, 0) is 0 Å². The Morgan fingerprint density at radius 3 is 2.50 bits per heavy atom. The van der Waals surface area contributed by atoms with Gasteiger partial charge in [-0.3, -0.25) is 9.69 Å². The second kappa shape index (κ2) is 5.84. The van der Waals surface area contributed by atoms with E-state index < -0.39 is 0 Å². The molecule has 0 aliphatic carbocycles. The average Bonchev–Trinajstić information content (AvgIpc) is 2.40. The molecule has 0 spiro atoms. The molecule has 0 unspecified atom stereocenters. The van der Waals surface area contributed by atoms with Crippen molar-refractivity contribution < 1.29 is 4.79 Å². The number of halogens is 1. The quantitative estimate of drug-likeness (QED) is 0.888. The number of carbonyl (C=O) groups excluding carboxylic acids is 1. The van der Waals surface area contributed by atoms with Gasteiger partial charge in [-0.15, -0.1) is 0 Å². The Morgan fingerprint density at radius 1 is 1.25 bits per heavy atom. The molecular weight excluding hydrogens is 318 g/mol. The van der Waals surface area contributed by atoms with E-state index in [1.807, 2.05) is 30.0 Å². The van der Waals surface area contributed by atoms with Crippen molar-refractivity contribution in [2.24, 2.45) is 0 Å². The Bertz CT molecular complexity index is 508. The summed E-state index contributed by atoms with van der Waals surface area (Å²) >= 11 is 3.48. The predicted octanol–water partition coefficient (Wildman–Crippen LogP) is 1.49. The molecule has 1 amide bonds. The lowest BCUT2D eigenvalue weighted by atomic mass is 10.1. The van der Waals surface area contributed by atoms with Gasteiger partial charge in [0.05, 0.1) is 0 Å². The summed E-state index contributed by atoms with van der Waals surface area (Å²) < 4.78 is 1.05. The van der Waals surface area contributed by atoms with E-state index in [2.05, 4.69) is 26.1 Å². The molecule has 2 aliphatic heterocycles. The minimum atomic E-state index is 0.159. The molecule has 20 heavy (non-hydrogen) atoms. The highest BCUT2D eigenvalue weighted by atomic mass is 79.9. The monoisotopic (exact) mass is 337 g/mol. The zero-order chi connectivity index (χ0) is 14.1. The SMILES string of the molecule is Cc1cc(C(=O)N2CCN(C3CNC3)CC2)ccc1Br. The number of nitrogens with zero attached hydrogens (tertiary/aromatic N) is 2. The number of rotatable bonds is 2. The lowest BCUT2D eigenvalue weighted by Crippen LogP contribution is -2.62. The van der Waals surface area contributed by atoms with Gasteiger partial charge in [-0.25, -0.2) is 0 Å². The van der Waals surface area contributed by atoms with Crippen molar-refractivity contribution in [3.63, 3.8) is 0 Å². The van der Waals surface area contributed by atoms with Crippen LogP contribution in [-0.4, -0.2) is 61.0 Å². The summed E-state index contributed by atoms with van der Waals surface area (Å²) in [6, 6.07) is 6.51. The third kappa shape index (κ3) is 2.75. The number of benzene rings is 1. The second-order valence-electron chi connectivity index (χ2n) is 5.60. The molecule has 0 atom stereocenters. The lowest BCUT2D eigenvalue weighted by Gasteiger charge is -2.43. The van der Waals surface area contributed by atoms with Crippen LogP contribution in [0.5, 0.6) is 0 Å². The molecule has 1 N–H and O–H groups in total. The molecule has 2 aliphatic rings. The van der Waals surface area contributed by atoms with Crippen molar-refractivity contribution in [1.82, 2.24) is 15.1 Å². The fourth-order valence-corrected chi connectivity index (χ4v) is 3.03. The molecule has 5 heteroatoms. The van der Waals surface area contributed by atoms with Crippen LogP contribution in [0.4, 0.5) is 0 Å². The molecule has 108 valence electrons. The van der Waals surface area contributed by atoms with Crippen LogP contribution in [0.2, 0.25) is 0 Å². The van der Waals surface area contributed by atoms with E-state index in [0.29, 0.717) is 6.04 Å². The first kappa shape index (κ1) is 14.0. The van der Waals surface area contributed by atoms with Crippen LogP contribution < -0.4 is 5.32 Å². The highest BCUT2D eigenvalue weighted by Gasteiger charge is 2.29. The predicted molar refractivity (Wildman–Crippen MR) is 83.0 cm³/mol. The maximum absolute atomic E-state index is 12.5. The van der Waals surface area contributed by atoms with Crippen molar-refractivity contribution in [1.29, 1.82) is 0 Å². The van der Waals surface area contributed by atoms with E-state index in [9.17, 15) is 4.79 Å². The summed E-state index contributed by atoms with van der Waals surface area (Å²) in [6.45, 7) is 7.87. The summed E-state index contributed by atoms with van der Waals surface area (Å²) in [6.07, 6.45) is 0. The van der Waals surface area contributed by atoms with Gasteiger partial charge in [0.1, 0.15) is 0 Å². The minimum absolute atomic E-state index is 0.159. The third-order valence-corrected chi connectivity index (χ3v) is 5.17. The average molecular weight is 338 g/mol. The molecule has 0 saturated carbocycles. The summed E-state index contributed by atoms with van der Waals surface area (Å²) in [7, 11) is 0. The fraction of sp³-hybridized carbons (Fsp3) is 0.533. The summed E-state index contributed by atoms with van der Waals surface area (Å²) in [5, 5.41) is 3.30. The molecule has 3 rings (SSSR count). The van der Waals surface area contributed by atoms with Gasteiger partial charge >= 0.3 is 0 Å². The van der Waals surface area contributed by atoms with Crippen LogP contribution in [0.3, 0.4) is 0 Å². The topological polar surface area (TPSA) is 35.6 Å². The normalized spacial score (nSPS) is 20.8. The van der Waals surface area contributed by atoms with E-state index in [1.54, 1.807) is 0 Å². The maximum Gasteiger partial charge on any atom is 0.253 e. The molecule has 0 radical (unpaired) electrons. The van der Waals surface area contributed by atoms with Gasteiger partial charge in [0.15, 0.2) is 0 Å². The molecule has 1 aromatic carbocycles. The molecule has 0 aromatic heterocycles. The highest BCUT2D eigenvalue weighted by Crippen LogP contribution is 2.19. The number of piperazine rings is 1. The Hall–Kier alpha value is -0.910. The summed E-state index contributed by atoms with van der Waals surface area (Å²) in [4.78, 5) is 17.0. The van der Waals surface area contributed by atoms with Crippen LogP contribution in [0.25, 0.3) is 0 Å². The number of hydrogen-bond acceptors (Lipinski definition) is 3. The maximum atomic E-state index is 12.5. The van der Waals surface area contributed by atoms with Crippen molar-refractivity contribution in [3.05, 3.63) is 33.8 Å². The Labute approximate surface area is 128 Å². The smallest absolute Gasteiger partial charge is 0.253 e. The zero-order valence-electron chi connectivity index (χ0n) is 11.7. The van der Waals surface area contributed by atoms with E-state index in [0.717, 1.165) is 54.9 Å². The van der Waals surface area contributed by atoms with Crippen molar-refractivity contribution in [2.45, 2.75) is 13.0 Å². The number of nitrogens with one attached hydrogen (secondary N) is 1. The van der Waals surface area contributed by atoms with Crippen molar-refractivity contribution in [3.8, 4) is 0 Å². The molecule has 0 bridgehead atoms. The number of aryl methyl sites for hydroxylation is 1.